The Bertz CT molecular complexity index is 688. The van der Waals surface area contributed by atoms with E-state index in [0.717, 1.165) is 5.56 Å². The molecular formula is C17H28N4O3S. The summed E-state index contributed by atoms with van der Waals surface area (Å²) in [6.45, 7) is 8.12. The van der Waals surface area contributed by atoms with E-state index in [1.165, 1.54) is 4.31 Å². The Balaban J connectivity index is 1.87. The molecule has 0 atom stereocenters. The standard InChI is InChI=1S/C17H28N4O3S/c1-14-4-6-15(7-5-14)25(23,24)21-10-8-20(9-11-21)12-16(22)19-13-17(2,3)18/h4-7H,8-13,18H2,1-3H3,(H,19,22). The number of sulfonamides is 1. The van der Waals surface area contributed by atoms with Crippen molar-refractivity contribution < 1.29 is 13.2 Å². The van der Waals surface area contributed by atoms with Crippen LogP contribution in [0.25, 0.3) is 0 Å². The quantitative estimate of drug-likeness (QED) is 0.745. The topological polar surface area (TPSA) is 95.7 Å². The second-order valence-electron chi connectivity index (χ2n) is 7.26. The molecule has 1 heterocycles. The largest absolute Gasteiger partial charge is 0.353 e. The Morgan fingerprint density at radius 1 is 1.16 bits per heavy atom. The normalized spacial score (nSPS) is 17.4. The molecule has 3 N–H and O–H groups in total. The molecule has 1 saturated heterocycles. The van der Waals surface area contributed by atoms with E-state index in [9.17, 15) is 13.2 Å². The summed E-state index contributed by atoms with van der Waals surface area (Å²) < 4.78 is 26.8. The van der Waals surface area contributed by atoms with Crippen LogP contribution in [0.3, 0.4) is 0 Å². The molecule has 1 fully saturated rings. The molecule has 1 amide bonds. The van der Waals surface area contributed by atoms with Crippen molar-refractivity contribution in [2.45, 2.75) is 31.2 Å². The fourth-order valence-corrected chi connectivity index (χ4v) is 3.99. The molecule has 140 valence electrons. The number of carbonyl (C=O) groups excluding carboxylic acids is 1. The number of hydrogen-bond donors (Lipinski definition) is 2. The Hall–Kier alpha value is -1.48. The molecule has 0 aromatic heterocycles. The van der Waals surface area contributed by atoms with Gasteiger partial charge in [-0.1, -0.05) is 17.7 Å². The number of nitrogens with two attached hydrogens (primary N) is 1. The first-order valence-corrected chi connectivity index (χ1v) is 9.87. The SMILES string of the molecule is Cc1ccc(S(=O)(=O)N2CCN(CC(=O)NCC(C)(C)N)CC2)cc1. The van der Waals surface area contributed by atoms with Gasteiger partial charge >= 0.3 is 0 Å². The molecular weight excluding hydrogens is 340 g/mol. The van der Waals surface area contributed by atoms with E-state index in [1.807, 2.05) is 25.7 Å². The molecule has 25 heavy (non-hydrogen) atoms. The molecule has 0 saturated carbocycles. The summed E-state index contributed by atoms with van der Waals surface area (Å²) in [5.41, 5.74) is 6.42. The molecule has 2 rings (SSSR count). The number of aryl methyl sites for hydroxylation is 1. The van der Waals surface area contributed by atoms with Gasteiger partial charge in [0.1, 0.15) is 0 Å². The van der Waals surface area contributed by atoms with Gasteiger partial charge in [-0.3, -0.25) is 9.69 Å². The van der Waals surface area contributed by atoms with Gasteiger partial charge in [0.25, 0.3) is 0 Å². The van der Waals surface area contributed by atoms with Gasteiger partial charge in [-0.05, 0) is 32.9 Å². The number of carbonyl (C=O) groups is 1. The second-order valence-corrected chi connectivity index (χ2v) is 9.20. The fraction of sp³-hybridized carbons (Fsp3) is 0.588. The van der Waals surface area contributed by atoms with Gasteiger partial charge in [0.05, 0.1) is 11.4 Å². The van der Waals surface area contributed by atoms with Crippen molar-refractivity contribution in [3.8, 4) is 0 Å². The van der Waals surface area contributed by atoms with Gasteiger partial charge in [-0.25, -0.2) is 8.42 Å². The van der Waals surface area contributed by atoms with Gasteiger partial charge < -0.3 is 11.1 Å². The summed E-state index contributed by atoms with van der Waals surface area (Å²) in [5.74, 6) is -0.0895. The molecule has 1 aliphatic heterocycles. The maximum Gasteiger partial charge on any atom is 0.243 e. The molecule has 0 aliphatic carbocycles. The molecule has 1 aromatic rings. The van der Waals surface area contributed by atoms with E-state index in [0.29, 0.717) is 37.6 Å². The predicted molar refractivity (Wildman–Crippen MR) is 97.7 cm³/mol. The van der Waals surface area contributed by atoms with Crippen molar-refractivity contribution >= 4 is 15.9 Å². The zero-order valence-corrected chi connectivity index (χ0v) is 16.0. The molecule has 8 heteroatoms. The van der Waals surface area contributed by atoms with Crippen LogP contribution in [-0.4, -0.2) is 68.3 Å². The van der Waals surface area contributed by atoms with Gasteiger partial charge in [-0.15, -0.1) is 0 Å². The number of nitrogens with zero attached hydrogens (tertiary/aromatic N) is 2. The van der Waals surface area contributed by atoms with Gasteiger partial charge in [0.15, 0.2) is 0 Å². The zero-order chi connectivity index (χ0) is 18.7. The molecule has 0 bridgehead atoms. The fourth-order valence-electron chi connectivity index (χ4n) is 2.57. The van der Waals surface area contributed by atoms with Crippen LogP contribution >= 0.6 is 0 Å². The van der Waals surface area contributed by atoms with Crippen molar-refractivity contribution in [2.75, 3.05) is 39.3 Å². The van der Waals surface area contributed by atoms with Crippen LogP contribution in [0.15, 0.2) is 29.2 Å². The maximum absolute atomic E-state index is 12.7. The summed E-state index contributed by atoms with van der Waals surface area (Å²) in [6.07, 6.45) is 0. The van der Waals surface area contributed by atoms with Crippen LogP contribution in [0.5, 0.6) is 0 Å². The lowest BCUT2D eigenvalue weighted by molar-refractivity contribution is -0.122. The van der Waals surface area contributed by atoms with E-state index < -0.39 is 15.6 Å². The number of piperazine rings is 1. The minimum Gasteiger partial charge on any atom is -0.353 e. The van der Waals surface area contributed by atoms with Crippen molar-refractivity contribution in [1.82, 2.24) is 14.5 Å². The highest BCUT2D eigenvalue weighted by Gasteiger charge is 2.29. The van der Waals surface area contributed by atoms with Crippen molar-refractivity contribution in [2.24, 2.45) is 5.73 Å². The van der Waals surface area contributed by atoms with Gasteiger partial charge in [0.2, 0.25) is 15.9 Å². The summed E-state index contributed by atoms with van der Waals surface area (Å²) in [4.78, 5) is 14.2. The highest BCUT2D eigenvalue weighted by molar-refractivity contribution is 7.89. The van der Waals surface area contributed by atoms with Crippen LogP contribution < -0.4 is 11.1 Å². The minimum absolute atomic E-state index is 0.0895. The Kier molecular flexibility index (Phi) is 6.21. The summed E-state index contributed by atoms with van der Waals surface area (Å²) in [6, 6.07) is 6.87. The van der Waals surface area contributed by atoms with Crippen LogP contribution in [0.2, 0.25) is 0 Å². The Morgan fingerprint density at radius 3 is 2.24 bits per heavy atom. The third-order valence-corrected chi connectivity index (χ3v) is 6.01. The first-order valence-electron chi connectivity index (χ1n) is 8.43. The predicted octanol–water partition coefficient (Wildman–Crippen LogP) is 0.155. The van der Waals surface area contributed by atoms with Crippen LogP contribution in [0.1, 0.15) is 19.4 Å². The molecule has 1 aliphatic rings. The van der Waals surface area contributed by atoms with E-state index in [4.69, 9.17) is 5.73 Å². The average Bonchev–Trinajstić information content (AvgIpc) is 2.53. The third-order valence-electron chi connectivity index (χ3n) is 4.10. The smallest absolute Gasteiger partial charge is 0.243 e. The Morgan fingerprint density at radius 2 is 1.72 bits per heavy atom. The first kappa shape index (κ1) is 19.8. The summed E-state index contributed by atoms with van der Waals surface area (Å²) in [5, 5.41) is 2.81. The van der Waals surface area contributed by atoms with Crippen LogP contribution in [0, 0.1) is 6.92 Å². The van der Waals surface area contributed by atoms with Crippen molar-refractivity contribution in [3.05, 3.63) is 29.8 Å². The van der Waals surface area contributed by atoms with Gasteiger partial charge in [0, 0.05) is 38.3 Å². The summed E-state index contributed by atoms with van der Waals surface area (Å²) in [7, 11) is -3.47. The van der Waals surface area contributed by atoms with Crippen molar-refractivity contribution in [1.29, 1.82) is 0 Å². The molecule has 1 aromatic carbocycles. The highest BCUT2D eigenvalue weighted by Crippen LogP contribution is 2.18. The monoisotopic (exact) mass is 368 g/mol. The number of benzene rings is 1. The number of nitrogens with one attached hydrogen (secondary N) is 1. The van der Waals surface area contributed by atoms with Crippen LogP contribution in [-0.2, 0) is 14.8 Å². The highest BCUT2D eigenvalue weighted by atomic mass is 32.2. The number of hydrogen-bond acceptors (Lipinski definition) is 5. The maximum atomic E-state index is 12.7. The zero-order valence-electron chi connectivity index (χ0n) is 15.2. The first-order chi connectivity index (χ1) is 11.6. The lowest BCUT2D eigenvalue weighted by Gasteiger charge is -2.33. The molecule has 7 nitrogen and oxygen atoms in total. The van der Waals surface area contributed by atoms with Gasteiger partial charge in [-0.2, -0.15) is 4.31 Å². The number of amides is 1. The van der Waals surface area contributed by atoms with E-state index in [-0.39, 0.29) is 12.5 Å². The van der Waals surface area contributed by atoms with E-state index in [2.05, 4.69) is 5.32 Å². The average molecular weight is 369 g/mol. The Labute approximate surface area is 150 Å². The lowest BCUT2D eigenvalue weighted by Crippen LogP contribution is -2.52. The lowest BCUT2D eigenvalue weighted by atomic mass is 10.1. The minimum atomic E-state index is -3.47. The second kappa shape index (κ2) is 7.82. The molecule has 0 unspecified atom stereocenters. The van der Waals surface area contributed by atoms with E-state index >= 15 is 0 Å². The molecule has 0 spiro atoms. The summed E-state index contributed by atoms with van der Waals surface area (Å²) >= 11 is 0. The van der Waals surface area contributed by atoms with E-state index in [1.54, 1.807) is 24.3 Å². The molecule has 0 radical (unpaired) electrons. The van der Waals surface area contributed by atoms with Crippen molar-refractivity contribution in [3.63, 3.8) is 0 Å². The third kappa shape index (κ3) is 5.78. The van der Waals surface area contributed by atoms with Crippen LogP contribution in [0.4, 0.5) is 0 Å². The number of rotatable bonds is 6.